The quantitative estimate of drug-likeness (QED) is 0.457. The fraction of sp³-hybridized carbons (Fsp3) is 0.375. The predicted octanol–water partition coefficient (Wildman–Crippen LogP) is 1.83. The van der Waals surface area contributed by atoms with E-state index in [1.54, 1.807) is 7.05 Å². The molecule has 2 heterocycles. The molecule has 4 rings (SSSR count). The molecular weight excluding hydrogens is 390 g/mol. The Balaban J connectivity index is 1.90. The van der Waals surface area contributed by atoms with Gasteiger partial charge in [0, 0.05) is 7.05 Å². The van der Waals surface area contributed by atoms with Crippen LogP contribution in [0.5, 0.6) is 0 Å². The number of aryl methyl sites for hydroxylation is 1. The highest BCUT2D eigenvalue weighted by Gasteiger charge is 2.21. The molecule has 2 aromatic heterocycles. The van der Waals surface area contributed by atoms with Crippen molar-refractivity contribution in [2.24, 2.45) is 7.05 Å². The number of nitrogens with zero attached hydrogens (tertiary/aromatic N) is 3. The minimum Gasteiger partial charge on any atom is -0.329 e. The van der Waals surface area contributed by atoms with Crippen LogP contribution in [-0.4, -0.2) is 32.2 Å². The Kier molecular flexibility index (Phi) is 6.04. The fourth-order valence-corrected chi connectivity index (χ4v) is 4.42. The van der Waals surface area contributed by atoms with Crippen molar-refractivity contribution in [3.05, 3.63) is 74.7 Å². The lowest BCUT2D eigenvalue weighted by Gasteiger charge is -2.19. The Hall–Kier alpha value is -3.19. The third kappa shape index (κ3) is 4.05. The summed E-state index contributed by atoms with van der Waals surface area (Å²) < 4.78 is 3.43. The first-order valence-corrected chi connectivity index (χ1v) is 11.0. The van der Waals surface area contributed by atoms with Crippen molar-refractivity contribution in [2.75, 3.05) is 13.1 Å². The van der Waals surface area contributed by atoms with Crippen LogP contribution < -0.4 is 16.1 Å². The lowest BCUT2D eigenvalue weighted by Crippen LogP contribution is -3.10. The van der Waals surface area contributed by atoms with Gasteiger partial charge in [-0.15, -0.1) is 0 Å². The van der Waals surface area contributed by atoms with Crippen LogP contribution in [0.25, 0.3) is 21.9 Å². The number of aromatic amines is 1. The smallest absolute Gasteiger partial charge is 0.329 e. The van der Waals surface area contributed by atoms with Gasteiger partial charge in [-0.25, -0.2) is 9.78 Å². The molecule has 0 radical (unpaired) electrons. The van der Waals surface area contributed by atoms with Gasteiger partial charge >= 0.3 is 5.69 Å². The number of benzene rings is 2. The molecule has 2 aromatic carbocycles. The first-order valence-electron chi connectivity index (χ1n) is 11.0. The lowest BCUT2D eigenvalue weighted by atomic mass is 10.0. The number of hydrogen-bond acceptors (Lipinski definition) is 3. The fourth-order valence-electron chi connectivity index (χ4n) is 4.42. The van der Waals surface area contributed by atoms with Gasteiger partial charge in [-0.2, -0.15) is 0 Å². The zero-order valence-corrected chi connectivity index (χ0v) is 18.4. The van der Waals surface area contributed by atoms with E-state index in [1.165, 1.54) is 9.47 Å². The van der Waals surface area contributed by atoms with Crippen LogP contribution in [0.4, 0.5) is 0 Å². The summed E-state index contributed by atoms with van der Waals surface area (Å²) in [5.74, 6) is 0.839. The number of rotatable bonds is 8. The SMILES string of the molecule is CCC[NH+](CCC)Cc1nc2c(c(=O)[nH]c(=O)n2C)n1Cc1cccc2ccccc12. The van der Waals surface area contributed by atoms with E-state index < -0.39 is 5.69 Å². The molecule has 0 unspecified atom stereocenters. The van der Waals surface area contributed by atoms with Crippen molar-refractivity contribution in [3.8, 4) is 0 Å². The summed E-state index contributed by atoms with van der Waals surface area (Å²) in [6.45, 7) is 7.70. The maximum atomic E-state index is 12.8. The Morgan fingerprint density at radius 1 is 1.00 bits per heavy atom. The molecule has 162 valence electrons. The summed E-state index contributed by atoms with van der Waals surface area (Å²) in [5.41, 5.74) is 1.20. The molecule has 0 saturated carbocycles. The summed E-state index contributed by atoms with van der Waals surface area (Å²) in [5, 5.41) is 2.32. The second-order valence-electron chi connectivity index (χ2n) is 8.17. The van der Waals surface area contributed by atoms with E-state index >= 15 is 0 Å². The highest BCUT2D eigenvalue weighted by atomic mass is 16.2. The molecule has 0 spiro atoms. The average molecular weight is 421 g/mol. The summed E-state index contributed by atoms with van der Waals surface area (Å²) in [6, 6.07) is 14.5. The van der Waals surface area contributed by atoms with Gasteiger partial charge in [-0.3, -0.25) is 14.3 Å². The van der Waals surface area contributed by atoms with Crippen molar-refractivity contribution >= 4 is 21.9 Å². The Labute approximate surface area is 181 Å². The molecule has 0 bridgehead atoms. The van der Waals surface area contributed by atoms with Crippen LogP contribution in [0.1, 0.15) is 38.1 Å². The van der Waals surface area contributed by atoms with E-state index in [0.717, 1.165) is 54.6 Å². The topological polar surface area (TPSA) is 77.1 Å². The van der Waals surface area contributed by atoms with Crippen molar-refractivity contribution in [1.82, 2.24) is 19.1 Å². The zero-order chi connectivity index (χ0) is 22.0. The van der Waals surface area contributed by atoms with Crippen LogP contribution >= 0.6 is 0 Å². The second-order valence-corrected chi connectivity index (χ2v) is 8.17. The number of imidazole rings is 1. The number of nitrogens with one attached hydrogen (secondary N) is 2. The van der Waals surface area contributed by atoms with Gasteiger partial charge in [0.05, 0.1) is 19.6 Å². The van der Waals surface area contributed by atoms with Crippen LogP contribution in [-0.2, 0) is 20.1 Å². The highest BCUT2D eigenvalue weighted by Crippen LogP contribution is 2.21. The molecule has 0 aliphatic rings. The number of hydrogen-bond donors (Lipinski definition) is 2. The summed E-state index contributed by atoms with van der Waals surface area (Å²) in [4.78, 5) is 33.7. The van der Waals surface area contributed by atoms with Gasteiger partial charge in [-0.05, 0) is 29.2 Å². The third-order valence-corrected chi connectivity index (χ3v) is 5.91. The molecule has 0 amide bonds. The minimum absolute atomic E-state index is 0.385. The van der Waals surface area contributed by atoms with E-state index in [0.29, 0.717) is 17.7 Å². The molecule has 0 fully saturated rings. The molecule has 0 saturated heterocycles. The van der Waals surface area contributed by atoms with Crippen LogP contribution in [0, 0.1) is 0 Å². The van der Waals surface area contributed by atoms with E-state index in [-0.39, 0.29) is 5.56 Å². The van der Waals surface area contributed by atoms with Crippen LogP contribution in [0.2, 0.25) is 0 Å². The van der Waals surface area contributed by atoms with Crippen LogP contribution in [0.15, 0.2) is 52.1 Å². The predicted molar refractivity (Wildman–Crippen MR) is 124 cm³/mol. The molecule has 0 aliphatic heterocycles. The number of fused-ring (bicyclic) bond motifs is 2. The van der Waals surface area contributed by atoms with Gasteiger partial charge in [-0.1, -0.05) is 56.3 Å². The maximum Gasteiger partial charge on any atom is 0.329 e. The van der Waals surface area contributed by atoms with Crippen LogP contribution in [0.3, 0.4) is 0 Å². The van der Waals surface area contributed by atoms with Gasteiger partial charge in [0.2, 0.25) is 0 Å². The van der Waals surface area contributed by atoms with Gasteiger partial charge in [0.15, 0.2) is 17.0 Å². The first kappa shape index (κ1) is 21.1. The molecule has 2 N–H and O–H groups in total. The number of aromatic nitrogens is 4. The Morgan fingerprint density at radius 3 is 2.45 bits per heavy atom. The van der Waals surface area contributed by atoms with Crippen molar-refractivity contribution in [3.63, 3.8) is 0 Å². The summed E-state index contributed by atoms with van der Waals surface area (Å²) >= 11 is 0. The van der Waals surface area contributed by atoms with Gasteiger partial charge in [0.25, 0.3) is 5.56 Å². The zero-order valence-electron chi connectivity index (χ0n) is 18.4. The summed E-state index contributed by atoms with van der Waals surface area (Å²) in [7, 11) is 1.66. The van der Waals surface area contributed by atoms with Crippen molar-refractivity contribution < 1.29 is 4.90 Å². The Morgan fingerprint density at radius 2 is 1.71 bits per heavy atom. The van der Waals surface area contributed by atoms with E-state index in [4.69, 9.17) is 4.98 Å². The largest absolute Gasteiger partial charge is 0.329 e. The van der Waals surface area contributed by atoms with Crippen molar-refractivity contribution in [2.45, 2.75) is 39.8 Å². The Bertz CT molecular complexity index is 1320. The summed E-state index contributed by atoms with van der Waals surface area (Å²) in [6.07, 6.45) is 2.16. The second kappa shape index (κ2) is 8.89. The lowest BCUT2D eigenvalue weighted by molar-refractivity contribution is -0.914. The molecule has 4 aromatic rings. The number of quaternary nitrogens is 1. The van der Waals surface area contributed by atoms with Gasteiger partial charge in [0.1, 0.15) is 6.54 Å². The molecular formula is C24H30N5O2+. The molecule has 7 heteroatoms. The molecule has 7 nitrogen and oxygen atoms in total. The molecule has 31 heavy (non-hydrogen) atoms. The maximum absolute atomic E-state index is 12.8. The van der Waals surface area contributed by atoms with Crippen molar-refractivity contribution in [1.29, 1.82) is 0 Å². The van der Waals surface area contributed by atoms with E-state index in [1.807, 2.05) is 22.8 Å². The normalized spacial score (nSPS) is 11.7. The average Bonchev–Trinajstić information content (AvgIpc) is 3.11. The minimum atomic E-state index is -0.440. The first-order chi connectivity index (χ1) is 15.0. The van der Waals surface area contributed by atoms with Gasteiger partial charge < -0.3 is 9.47 Å². The van der Waals surface area contributed by atoms with E-state index in [2.05, 4.69) is 43.1 Å². The number of H-pyrrole nitrogens is 1. The monoisotopic (exact) mass is 420 g/mol. The standard InChI is InChI=1S/C24H29N5O2/c1-4-13-28(14-5-2)16-20-25-22-21(23(30)26-24(31)27(22)3)29(20)15-18-11-8-10-17-9-6-7-12-19(17)18/h6-12H,4-5,13-16H2,1-3H3,(H,26,30,31)/p+1. The highest BCUT2D eigenvalue weighted by molar-refractivity contribution is 5.85. The molecule has 0 atom stereocenters. The molecule has 0 aliphatic carbocycles. The third-order valence-electron chi connectivity index (χ3n) is 5.91. The van der Waals surface area contributed by atoms with E-state index in [9.17, 15) is 9.59 Å².